The summed E-state index contributed by atoms with van der Waals surface area (Å²) in [5, 5.41) is 4.98. The van der Waals surface area contributed by atoms with E-state index < -0.39 is 10.0 Å². The van der Waals surface area contributed by atoms with Crippen LogP contribution in [0.5, 0.6) is 0 Å². The molecule has 3 heteroatoms. The molecule has 2 aromatic heterocycles. The largest absolute Gasteiger partial charge is 0.309 e. The molecule has 2 heterocycles. The van der Waals surface area contributed by atoms with Gasteiger partial charge in [0, 0.05) is 52.5 Å². The molecule has 0 aliphatic heterocycles. The number of benzene rings is 10. The lowest BCUT2D eigenvalue weighted by Crippen LogP contribution is -2.06. The zero-order chi connectivity index (χ0) is 41.7. The van der Waals surface area contributed by atoms with Crippen LogP contribution in [0.25, 0.3) is 77.2 Å². The first-order valence-electron chi connectivity index (χ1n) is 21.6. The van der Waals surface area contributed by atoms with Gasteiger partial charge in [0.05, 0.1) is 22.1 Å². The Labute approximate surface area is 368 Å². The van der Waals surface area contributed by atoms with E-state index in [1.54, 1.807) is 0 Å². The molecule has 0 aliphatic carbocycles. The van der Waals surface area contributed by atoms with E-state index in [1.807, 2.05) is 0 Å². The first-order chi connectivity index (χ1) is 31.3. The van der Waals surface area contributed by atoms with Gasteiger partial charge in [0.25, 0.3) is 0 Å². The van der Waals surface area contributed by atoms with E-state index in [9.17, 15) is 0 Å². The molecule has 0 aliphatic rings. The quantitative estimate of drug-likeness (QED) is 0.144. The van der Waals surface area contributed by atoms with Crippen molar-refractivity contribution in [2.75, 3.05) is 0 Å². The standard InChI is InChI=1S/C60H42N2S/c1-5-19-43(20-6-1)44-35-38-50(39-36-44)63(48-24-9-3-10-25-48,49-26-11-4-12-27-49)51-28-17-23-46(41-51)61-56-32-15-13-29-53(56)55-42-47(37-40-58(55)61)62-57-33-16-14-30-54(57)60-52(31-18-34-59(60)62)45-21-7-2-8-22-45/h1-42H. The van der Waals surface area contributed by atoms with Gasteiger partial charge in [-0.05, 0) is 113 Å². The summed E-state index contributed by atoms with van der Waals surface area (Å²) in [5.74, 6) is 0. The van der Waals surface area contributed by atoms with Crippen LogP contribution < -0.4 is 0 Å². The minimum atomic E-state index is -1.95. The average Bonchev–Trinajstić information content (AvgIpc) is 3.88. The van der Waals surface area contributed by atoms with Crippen LogP contribution in [-0.4, -0.2) is 9.13 Å². The molecule has 0 amide bonds. The highest BCUT2D eigenvalue weighted by atomic mass is 32.3. The van der Waals surface area contributed by atoms with E-state index in [0.717, 1.165) is 11.4 Å². The minimum Gasteiger partial charge on any atom is -0.309 e. The molecule has 0 saturated heterocycles. The molecule has 0 saturated carbocycles. The number of aromatic nitrogens is 2. The number of fused-ring (bicyclic) bond motifs is 6. The minimum absolute atomic E-state index is 1.14. The molecule has 12 rings (SSSR count). The van der Waals surface area contributed by atoms with Crippen molar-refractivity contribution in [3.63, 3.8) is 0 Å². The van der Waals surface area contributed by atoms with Crippen LogP contribution in [0.2, 0.25) is 0 Å². The summed E-state index contributed by atoms with van der Waals surface area (Å²) < 4.78 is 4.92. The molecular weight excluding hydrogens is 781 g/mol. The average molecular weight is 823 g/mol. The van der Waals surface area contributed by atoms with Gasteiger partial charge in [-0.2, -0.15) is 0 Å². The lowest BCUT2D eigenvalue weighted by molar-refractivity contribution is 1.14. The molecular formula is C60H42N2S. The highest BCUT2D eigenvalue weighted by molar-refractivity contribution is 8.34. The van der Waals surface area contributed by atoms with Crippen molar-refractivity contribution >= 4 is 53.6 Å². The van der Waals surface area contributed by atoms with Gasteiger partial charge in [-0.25, -0.2) is 0 Å². The lowest BCUT2D eigenvalue weighted by Gasteiger charge is -2.42. The molecule has 10 aromatic carbocycles. The van der Waals surface area contributed by atoms with E-state index >= 15 is 0 Å². The molecule has 0 fully saturated rings. The number of para-hydroxylation sites is 2. The third-order valence-electron chi connectivity index (χ3n) is 12.6. The molecule has 0 N–H and O–H groups in total. The van der Waals surface area contributed by atoms with Crippen molar-refractivity contribution in [2.45, 2.75) is 19.6 Å². The van der Waals surface area contributed by atoms with Gasteiger partial charge < -0.3 is 9.13 Å². The lowest BCUT2D eigenvalue weighted by atomic mass is 9.99. The van der Waals surface area contributed by atoms with Crippen molar-refractivity contribution < 1.29 is 0 Å². The Kier molecular flexibility index (Phi) is 8.95. The summed E-state index contributed by atoms with van der Waals surface area (Å²) in [5.41, 5.74) is 11.9. The monoisotopic (exact) mass is 822 g/mol. The second kappa shape index (κ2) is 15.3. The normalized spacial score (nSPS) is 12.1. The zero-order valence-electron chi connectivity index (χ0n) is 34.6. The maximum atomic E-state index is 2.47. The van der Waals surface area contributed by atoms with Crippen LogP contribution in [0.3, 0.4) is 0 Å². The van der Waals surface area contributed by atoms with E-state index in [4.69, 9.17) is 0 Å². The number of hydrogen-bond acceptors (Lipinski definition) is 0. The molecule has 63 heavy (non-hydrogen) atoms. The number of rotatable bonds is 8. The summed E-state index contributed by atoms with van der Waals surface area (Å²) in [4.78, 5) is 5.18. The molecule has 0 atom stereocenters. The Morgan fingerprint density at radius 2 is 0.714 bits per heavy atom. The van der Waals surface area contributed by atoms with Gasteiger partial charge >= 0.3 is 0 Å². The summed E-state index contributed by atoms with van der Waals surface area (Å²) >= 11 is 0. The molecule has 0 radical (unpaired) electrons. The van der Waals surface area contributed by atoms with Gasteiger partial charge in [0.1, 0.15) is 0 Å². The Morgan fingerprint density at radius 1 is 0.254 bits per heavy atom. The highest BCUT2D eigenvalue weighted by Crippen LogP contribution is 2.73. The molecule has 0 unspecified atom stereocenters. The summed E-state index contributed by atoms with van der Waals surface area (Å²) in [7, 11) is -1.95. The van der Waals surface area contributed by atoms with Gasteiger partial charge in [-0.3, -0.25) is 0 Å². The Balaban J connectivity index is 1.07. The SMILES string of the molecule is c1ccc(-c2ccc(S(c3ccccc3)(c3ccccc3)c3cccc(-n4c5ccccc5c5cc(-n6c7ccccc7c7c(-c8ccccc8)cccc76)ccc54)c3)cc2)cc1. The Morgan fingerprint density at radius 3 is 1.40 bits per heavy atom. The van der Waals surface area contributed by atoms with Gasteiger partial charge in [-0.15, -0.1) is 10.0 Å². The van der Waals surface area contributed by atoms with Crippen molar-refractivity contribution in [1.29, 1.82) is 0 Å². The topological polar surface area (TPSA) is 9.86 Å². The smallest absolute Gasteiger partial charge is 0.0547 e. The van der Waals surface area contributed by atoms with Crippen molar-refractivity contribution in [1.82, 2.24) is 9.13 Å². The van der Waals surface area contributed by atoms with Crippen LogP contribution in [0.4, 0.5) is 0 Å². The van der Waals surface area contributed by atoms with E-state index in [1.165, 1.54) is 85.4 Å². The summed E-state index contributed by atoms with van der Waals surface area (Å²) in [6.45, 7) is 0. The van der Waals surface area contributed by atoms with Gasteiger partial charge in [0.2, 0.25) is 0 Å². The summed E-state index contributed by atoms with van der Waals surface area (Å²) in [6.07, 6.45) is 0. The van der Waals surface area contributed by atoms with E-state index in [-0.39, 0.29) is 0 Å². The predicted molar refractivity (Wildman–Crippen MR) is 266 cm³/mol. The first-order valence-corrected chi connectivity index (χ1v) is 23.2. The van der Waals surface area contributed by atoms with Gasteiger partial charge in [-0.1, -0.05) is 164 Å². The van der Waals surface area contributed by atoms with Crippen LogP contribution in [-0.2, 0) is 0 Å². The molecule has 0 spiro atoms. The maximum absolute atomic E-state index is 2.47. The third kappa shape index (κ3) is 5.96. The highest BCUT2D eigenvalue weighted by Gasteiger charge is 2.34. The van der Waals surface area contributed by atoms with E-state index in [0.29, 0.717) is 0 Å². The fourth-order valence-electron chi connectivity index (χ4n) is 9.89. The molecule has 12 aromatic rings. The second-order valence-corrected chi connectivity index (χ2v) is 19.2. The van der Waals surface area contributed by atoms with Crippen LogP contribution in [0, 0.1) is 0 Å². The maximum Gasteiger partial charge on any atom is 0.0547 e. The zero-order valence-corrected chi connectivity index (χ0v) is 35.4. The van der Waals surface area contributed by atoms with Gasteiger partial charge in [0.15, 0.2) is 0 Å². The van der Waals surface area contributed by atoms with Crippen molar-refractivity contribution in [2.24, 2.45) is 0 Å². The second-order valence-electron chi connectivity index (χ2n) is 16.1. The predicted octanol–water partition coefficient (Wildman–Crippen LogP) is 16.6. The molecule has 0 bridgehead atoms. The fraction of sp³-hybridized carbons (Fsp3) is 0. The number of hydrogen-bond donors (Lipinski definition) is 0. The first kappa shape index (κ1) is 37.0. The fourth-order valence-corrected chi connectivity index (χ4v) is 13.8. The van der Waals surface area contributed by atoms with Crippen LogP contribution in [0.15, 0.2) is 274 Å². The van der Waals surface area contributed by atoms with Crippen molar-refractivity contribution in [3.8, 4) is 33.6 Å². The molecule has 298 valence electrons. The number of nitrogens with zero attached hydrogens (tertiary/aromatic N) is 2. The van der Waals surface area contributed by atoms with Crippen molar-refractivity contribution in [3.05, 3.63) is 255 Å². The Bertz CT molecular complexity index is 3550. The van der Waals surface area contributed by atoms with Crippen LogP contribution in [0.1, 0.15) is 0 Å². The van der Waals surface area contributed by atoms with Crippen LogP contribution >= 0.6 is 10.0 Å². The molecule has 2 nitrogen and oxygen atoms in total. The Hall–Kier alpha value is -7.85. The summed E-state index contributed by atoms with van der Waals surface area (Å²) in [6, 6.07) is 93.8. The van der Waals surface area contributed by atoms with E-state index in [2.05, 4.69) is 264 Å². The third-order valence-corrected chi connectivity index (χ3v) is 16.5.